The van der Waals surface area contributed by atoms with E-state index in [1.165, 1.54) is 0 Å². The molecule has 0 amide bonds. The monoisotopic (exact) mass is 327 g/mol. The molecule has 0 spiro atoms. The van der Waals surface area contributed by atoms with Crippen LogP contribution >= 0.6 is 7.60 Å². The van der Waals surface area contributed by atoms with Crippen molar-refractivity contribution in [2.24, 2.45) is 0 Å². The second-order valence-electron chi connectivity index (χ2n) is 4.97. The summed E-state index contributed by atoms with van der Waals surface area (Å²) >= 11 is 0. The number of hydrogen-bond donors (Lipinski definition) is 3. The van der Waals surface area contributed by atoms with Gasteiger partial charge in [-0.1, -0.05) is 30.3 Å². The van der Waals surface area contributed by atoms with Crippen LogP contribution in [0.5, 0.6) is 0 Å². The van der Waals surface area contributed by atoms with Crippen LogP contribution in [0.3, 0.4) is 0 Å². The van der Waals surface area contributed by atoms with Crippen LogP contribution in [-0.2, 0) is 11.1 Å². The second-order valence-corrected chi connectivity index (χ2v) is 6.67. The number of hydrogen-bond acceptors (Lipinski definition) is 2. The lowest BCUT2D eigenvalue weighted by Crippen LogP contribution is -2.21. The first-order valence-electron chi connectivity index (χ1n) is 6.57. The van der Waals surface area contributed by atoms with Gasteiger partial charge in [-0.25, -0.2) is 8.78 Å². The minimum absolute atomic E-state index is 0.000757. The van der Waals surface area contributed by atoms with Crippen LogP contribution in [0.15, 0.2) is 42.5 Å². The third kappa shape index (κ3) is 3.99. The van der Waals surface area contributed by atoms with Crippen molar-refractivity contribution in [1.29, 1.82) is 0 Å². The highest BCUT2D eigenvalue weighted by Gasteiger charge is 2.30. The molecule has 0 heterocycles. The largest absolute Gasteiger partial charge is 0.346 e. The lowest BCUT2D eigenvalue weighted by Gasteiger charge is -2.21. The molecular weight excluding hydrogens is 311 g/mol. The fraction of sp³-hybridized carbons (Fsp3) is 0.200. The van der Waals surface area contributed by atoms with Crippen molar-refractivity contribution in [1.82, 2.24) is 5.32 Å². The summed E-state index contributed by atoms with van der Waals surface area (Å²) < 4.78 is 37.9. The van der Waals surface area contributed by atoms with E-state index in [-0.39, 0.29) is 12.1 Å². The Morgan fingerprint density at radius 1 is 1.14 bits per heavy atom. The van der Waals surface area contributed by atoms with E-state index >= 15 is 0 Å². The second kappa shape index (κ2) is 6.67. The summed E-state index contributed by atoms with van der Waals surface area (Å²) in [6.07, 6.45) is 0. The quantitative estimate of drug-likeness (QED) is 0.738. The number of nitrogens with one attached hydrogen (secondary N) is 1. The Morgan fingerprint density at radius 2 is 1.82 bits per heavy atom. The Balaban J connectivity index is 2.26. The molecule has 2 aromatic rings. The molecule has 22 heavy (non-hydrogen) atoms. The van der Waals surface area contributed by atoms with E-state index in [9.17, 15) is 23.1 Å². The van der Waals surface area contributed by atoms with Crippen molar-refractivity contribution in [3.63, 3.8) is 0 Å². The van der Waals surface area contributed by atoms with E-state index in [0.717, 1.165) is 29.3 Å². The molecule has 0 fully saturated rings. The zero-order valence-electron chi connectivity index (χ0n) is 11.8. The van der Waals surface area contributed by atoms with Crippen molar-refractivity contribution < 1.29 is 23.1 Å². The van der Waals surface area contributed by atoms with Gasteiger partial charge in [-0.2, -0.15) is 0 Å². The summed E-state index contributed by atoms with van der Waals surface area (Å²) in [5.74, 6) is -3.61. The van der Waals surface area contributed by atoms with Crippen LogP contribution in [0.25, 0.3) is 0 Å². The molecular formula is C15H16F2NO3P. The topological polar surface area (TPSA) is 69.6 Å². The zero-order valence-corrected chi connectivity index (χ0v) is 12.7. The van der Waals surface area contributed by atoms with Gasteiger partial charge in [-0.05, 0) is 35.7 Å². The van der Waals surface area contributed by atoms with Gasteiger partial charge in [0.2, 0.25) is 0 Å². The molecule has 0 radical (unpaired) electrons. The lowest BCUT2D eigenvalue weighted by molar-refractivity contribution is 0.347. The molecule has 3 N–H and O–H groups in total. The van der Waals surface area contributed by atoms with Crippen molar-refractivity contribution in [2.45, 2.75) is 19.3 Å². The summed E-state index contributed by atoms with van der Waals surface area (Å²) in [4.78, 5) is 18.9. The first kappa shape index (κ1) is 16.8. The molecule has 1 unspecified atom stereocenters. The van der Waals surface area contributed by atoms with Crippen molar-refractivity contribution >= 4 is 7.60 Å². The molecule has 1 atom stereocenters. The Kier molecular flexibility index (Phi) is 5.08. The van der Waals surface area contributed by atoms with E-state index in [1.54, 1.807) is 0 Å². The Bertz CT molecular complexity index is 718. The van der Waals surface area contributed by atoms with E-state index in [4.69, 9.17) is 0 Å². The summed E-state index contributed by atoms with van der Waals surface area (Å²) in [5, 5.41) is 2.73. The van der Waals surface area contributed by atoms with Gasteiger partial charge < -0.3 is 9.79 Å². The van der Waals surface area contributed by atoms with Gasteiger partial charge >= 0.3 is 7.60 Å². The maximum absolute atomic E-state index is 13.3. The van der Waals surface area contributed by atoms with Crippen LogP contribution in [0.1, 0.15) is 22.5 Å². The van der Waals surface area contributed by atoms with Gasteiger partial charge in [0.25, 0.3) is 0 Å². The molecule has 0 saturated carbocycles. The van der Waals surface area contributed by atoms with Crippen LogP contribution in [-0.4, -0.2) is 9.79 Å². The highest BCUT2D eigenvalue weighted by atomic mass is 31.2. The number of benzene rings is 2. The minimum Gasteiger partial charge on any atom is -0.323 e. The average molecular weight is 327 g/mol. The molecule has 7 heteroatoms. The molecule has 118 valence electrons. The van der Waals surface area contributed by atoms with Gasteiger partial charge in [0.05, 0.1) is 0 Å². The summed E-state index contributed by atoms with van der Waals surface area (Å²) in [6, 6.07) is 10.2. The molecule has 2 aromatic carbocycles. The Morgan fingerprint density at radius 3 is 2.41 bits per heavy atom. The average Bonchev–Trinajstić information content (AvgIpc) is 2.43. The standard InChI is InChI=1S/C15H16F2NO3P/c1-10-4-2-3-5-12(10)9-18-15(22(19,20)21)11-6-7-13(16)14(17)8-11/h2-8,15,18H,9H2,1H3,(H2,19,20,21). The van der Waals surface area contributed by atoms with E-state index < -0.39 is 25.0 Å². The molecule has 4 nitrogen and oxygen atoms in total. The normalized spacial score (nSPS) is 13.1. The van der Waals surface area contributed by atoms with E-state index in [0.29, 0.717) is 0 Å². The summed E-state index contributed by atoms with van der Waals surface area (Å²) in [6.45, 7) is 2.07. The fourth-order valence-corrected chi connectivity index (χ4v) is 3.01. The molecule has 0 aliphatic heterocycles. The fourth-order valence-electron chi connectivity index (χ4n) is 2.13. The van der Waals surface area contributed by atoms with Gasteiger partial charge in [-0.15, -0.1) is 0 Å². The molecule has 0 aromatic heterocycles. The third-order valence-corrected chi connectivity index (χ3v) is 4.50. The highest BCUT2D eigenvalue weighted by Crippen LogP contribution is 2.50. The van der Waals surface area contributed by atoms with Gasteiger partial charge in [0.15, 0.2) is 11.6 Å². The van der Waals surface area contributed by atoms with Gasteiger partial charge in [0.1, 0.15) is 5.78 Å². The minimum atomic E-state index is -4.59. The van der Waals surface area contributed by atoms with Crippen LogP contribution in [0, 0.1) is 18.6 Å². The highest BCUT2D eigenvalue weighted by molar-refractivity contribution is 7.52. The lowest BCUT2D eigenvalue weighted by atomic mass is 10.1. The molecule has 2 rings (SSSR count). The molecule has 0 saturated heterocycles. The Hall–Kier alpha value is -1.59. The summed E-state index contributed by atoms with van der Waals surface area (Å²) in [7, 11) is -4.59. The summed E-state index contributed by atoms with van der Waals surface area (Å²) in [5.41, 5.74) is 1.83. The van der Waals surface area contributed by atoms with Crippen molar-refractivity contribution in [2.75, 3.05) is 0 Å². The van der Waals surface area contributed by atoms with Gasteiger partial charge in [-0.3, -0.25) is 9.88 Å². The first-order chi connectivity index (χ1) is 10.3. The van der Waals surface area contributed by atoms with Crippen LogP contribution in [0.2, 0.25) is 0 Å². The molecule has 0 bridgehead atoms. The molecule has 0 aliphatic carbocycles. The smallest absolute Gasteiger partial charge is 0.323 e. The first-order valence-corrected chi connectivity index (χ1v) is 8.25. The number of rotatable bonds is 5. The number of halogens is 2. The van der Waals surface area contributed by atoms with Crippen molar-refractivity contribution in [3.8, 4) is 0 Å². The van der Waals surface area contributed by atoms with Crippen LogP contribution < -0.4 is 5.32 Å². The van der Waals surface area contributed by atoms with E-state index in [1.807, 2.05) is 31.2 Å². The SMILES string of the molecule is Cc1ccccc1CNC(c1ccc(F)c(F)c1)P(=O)(O)O. The maximum atomic E-state index is 13.3. The predicted molar refractivity (Wildman–Crippen MR) is 79.2 cm³/mol. The van der Waals surface area contributed by atoms with Crippen LogP contribution in [0.4, 0.5) is 8.78 Å². The Labute approximate surface area is 127 Å². The third-order valence-electron chi connectivity index (χ3n) is 3.34. The maximum Gasteiger partial charge on any atom is 0.346 e. The zero-order chi connectivity index (χ0) is 16.3. The van der Waals surface area contributed by atoms with Gasteiger partial charge in [0, 0.05) is 6.54 Å². The molecule has 0 aliphatic rings. The predicted octanol–water partition coefficient (Wildman–Crippen LogP) is 3.24. The number of aryl methyl sites for hydroxylation is 1. The van der Waals surface area contributed by atoms with E-state index in [2.05, 4.69) is 5.32 Å². The van der Waals surface area contributed by atoms with Crippen molar-refractivity contribution in [3.05, 3.63) is 70.8 Å².